The van der Waals surface area contributed by atoms with Gasteiger partial charge in [0, 0.05) is 49.9 Å². The van der Waals surface area contributed by atoms with Crippen LogP contribution in [0.1, 0.15) is 41.6 Å². The third-order valence-corrected chi connectivity index (χ3v) is 6.40. The van der Waals surface area contributed by atoms with E-state index < -0.39 is 0 Å². The van der Waals surface area contributed by atoms with Crippen molar-refractivity contribution in [1.29, 1.82) is 0 Å². The molecule has 2 aliphatic heterocycles. The van der Waals surface area contributed by atoms with Crippen LogP contribution in [0.5, 0.6) is 0 Å². The van der Waals surface area contributed by atoms with Crippen molar-refractivity contribution < 1.29 is 9.59 Å². The number of amides is 2. The predicted molar refractivity (Wildman–Crippen MR) is 120 cm³/mol. The smallest absolute Gasteiger partial charge is 0.253 e. The number of benzene rings is 2. The molecule has 0 radical (unpaired) electrons. The fraction of sp³-hybridized carbons (Fsp3) is 0.440. The highest BCUT2D eigenvalue weighted by Gasteiger charge is 2.27. The van der Waals surface area contributed by atoms with Crippen LogP contribution < -0.4 is 4.90 Å². The average molecular weight is 406 g/mol. The predicted octanol–water partition coefficient (Wildman–Crippen LogP) is 3.59. The fourth-order valence-electron chi connectivity index (χ4n) is 4.52. The third kappa shape index (κ3) is 4.73. The molecular weight excluding hydrogens is 374 g/mol. The second kappa shape index (κ2) is 9.43. The van der Waals surface area contributed by atoms with Crippen molar-refractivity contribution in [1.82, 2.24) is 9.80 Å². The summed E-state index contributed by atoms with van der Waals surface area (Å²) in [6.07, 6.45) is 4.72. The minimum absolute atomic E-state index is 0.0930. The molecule has 5 nitrogen and oxygen atoms in total. The molecule has 2 saturated heterocycles. The Hall–Kier alpha value is -2.66. The van der Waals surface area contributed by atoms with Gasteiger partial charge in [0.1, 0.15) is 0 Å². The quantitative estimate of drug-likeness (QED) is 0.738. The second-order valence-electron chi connectivity index (χ2n) is 8.46. The molecular formula is C25H31N3O2. The largest absolute Gasteiger partial charge is 0.337 e. The lowest BCUT2D eigenvalue weighted by molar-refractivity contribution is -0.117. The zero-order valence-electron chi connectivity index (χ0n) is 17.8. The summed E-state index contributed by atoms with van der Waals surface area (Å²) in [7, 11) is 2.17. The van der Waals surface area contributed by atoms with E-state index in [4.69, 9.17) is 0 Å². The van der Waals surface area contributed by atoms with Crippen LogP contribution in [-0.2, 0) is 11.2 Å². The maximum Gasteiger partial charge on any atom is 0.253 e. The summed E-state index contributed by atoms with van der Waals surface area (Å²) in [6, 6.07) is 18.5. The molecule has 0 unspecified atom stereocenters. The van der Waals surface area contributed by atoms with Crippen LogP contribution >= 0.6 is 0 Å². The van der Waals surface area contributed by atoms with E-state index in [1.54, 1.807) is 0 Å². The molecule has 0 bridgehead atoms. The van der Waals surface area contributed by atoms with Crippen LogP contribution in [0, 0.1) is 0 Å². The zero-order valence-corrected chi connectivity index (χ0v) is 17.8. The summed E-state index contributed by atoms with van der Waals surface area (Å²) >= 11 is 0. The molecule has 2 fully saturated rings. The third-order valence-electron chi connectivity index (χ3n) is 6.40. The molecule has 0 aromatic heterocycles. The molecule has 5 heteroatoms. The Morgan fingerprint density at radius 1 is 1.03 bits per heavy atom. The van der Waals surface area contributed by atoms with E-state index in [0.717, 1.165) is 57.5 Å². The number of carbonyl (C=O) groups excluding carboxylic acids is 2. The highest BCUT2D eigenvalue weighted by Crippen LogP contribution is 2.23. The number of likely N-dealkylation sites (tertiary alicyclic amines) is 1. The van der Waals surface area contributed by atoms with Gasteiger partial charge < -0.3 is 14.7 Å². The Kier molecular flexibility index (Phi) is 6.48. The van der Waals surface area contributed by atoms with Gasteiger partial charge in [0.15, 0.2) is 0 Å². The summed E-state index contributed by atoms with van der Waals surface area (Å²) in [5.41, 5.74) is 2.95. The molecule has 4 rings (SSSR count). The Balaban J connectivity index is 1.34. The fourth-order valence-corrected chi connectivity index (χ4v) is 4.52. The first-order chi connectivity index (χ1) is 14.6. The number of hydrogen-bond donors (Lipinski definition) is 0. The van der Waals surface area contributed by atoms with Crippen molar-refractivity contribution in [3.63, 3.8) is 0 Å². The highest BCUT2D eigenvalue weighted by molar-refractivity contribution is 5.97. The van der Waals surface area contributed by atoms with Crippen molar-refractivity contribution in [2.24, 2.45) is 0 Å². The van der Waals surface area contributed by atoms with Crippen LogP contribution in [0.2, 0.25) is 0 Å². The van der Waals surface area contributed by atoms with E-state index in [0.29, 0.717) is 18.0 Å². The van der Waals surface area contributed by atoms with Gasteiger partial charge in [0.05, 0.1) is 0 Å². The van der Waals surface area contributed by atoms with Crippen molar-refractivity contribution in [2.75, 3.05) is 38.1 Å². The lowest BCUT2D eigenvalue weighted by Crippen LogP contribution is -2.49. The Bertz CT molecular complexity index is 866. The van der Waals surface area contributed by atoms with Gasteiger partial charge in [0.25, 0.3) is 5.91 Å². The van der Waals surface area contributed by atoms with Crippen molar-refractivity contribution >= 4 is 17.5 Å². The molecule has 158 valence electrons. The lowest BCUT2D eigenvalue weighted by atomic mass is 10.0. The van der Waals surface area contributed by atoms with Crippen LogP contribution in [0.25, 0.3) is 0 Å². The number of anilines is 1. The van der Waals surface area contributed by atoms with Gasteiger partial charge in [-0.2, -0.15) is 0 Å². The summed E-state index contributed by atoms with van der Waals surface area (Å²) in [5, 5.41) is 0. The molecule has 0 aliphatic carbocycles. The van der Waals surface area contributed by atoms with E-state index in [-0.39, 0.29) is 11.8 Å². The van der Waals surface area contributed by atoms with Gasteiger partial charge in [-0.3, -0.25) is 9.59 Å². The van der Waals surface area contributed by atoms with Crippen molar-refractivity contribution in [3.05, 3.63) is 65.7 Å². The molecule has 2 aromatic rings. The minimum Gasteiger partial charge on any atom is -0.337 e. The second-order valence-corrected chi connectivity index (χ2v) is 8.46. The van der Waals surface area contributed by atoms with Crippen LogP contribution in [0.4, 0.5) is 5.69 Å². The molecule has 0 N–H and O–H groups in total. The molecule has 0 spiro atoms. The van der Waals surface area contributed by atoms with Crippen molar-refractivity contribution in [3.8, 4) is 0 Å². The molecule has 2 heterocycles. The van der Waals surface area contributed by atoms with Gasteiger partial charge in [-0.25, -0.2) is 0 Å². The van der Waals surface area contributed by atoms with Gasteiger partial charge >= 0.3 is 0 Å². The Morgan fingerprint density at radius 2 is 1.80 bits per heavy atom. The summed E-state index contributed by atoms with van der Waals surface area (Å²) in [5.74, 6) is 0.266. The number of piperidine rings is 1. The maximum absolute atomic E-state index is 13.1. The molecule has 2 amide bonds. The first kappa shape index (κ1) is 20.6. The van der Waals surface area contributed by atoms with Gasteiger partial charge in [-0.15, -0.1) is 0 Å². The summed E-state index contributed by atoms with van der Waals surface area (Å²) < 4.78 is 0. The van der Waals surface area contributed by atoms with Gasteiger partial charge in [0.2, 0.25) is 5.91 Å². The zero-order chi connectivity index (χ0) is 20.9. The number of likely N-dealkylation sites (N-methyl/N-ethyl adjacent to an activating group) is 1. The molecule has 0 saturated carbocycles. The van der Waals surface area contributed by atoms with E-state index in [1.807, 2.05) is 40.1 Å². The topological polar surface area (TPSA) is 43.9 Å². The molecule has 1 atom stereocenters. The van der Waals surface area contributed by atoms with E-state index in [9.17, 15) is 9.59 Å². The normalized spacial score (nSPS) is 19.5. The average Bonchev–Trinajstić information content (AvgIpc) is 3.23. The first-order valence-electron chi connectivity index (χ1n) is 11.1. The lowest BCUT2D eigenvalue weighted by Gasteiger charge is -2.37. The number of hydrogen-bond acceptors (Lipinski definition) is 3. The van der Waals surface area contributed by atoms with Crippen LogP contribution in [0.15, 0.2) is 54.6 Å². The highest BCUT2D eigenvalue weighted by atomic mass is 16.2. The summed E-state index contributed by atoms with van der Waals surface area (Å²) in [6.45, 7) is 3.36. The van der Waals surface area contributed by atoms with E-state index in [1.165, 1.54) is 5.56 Å². The van der Waals surface area contributed by atoms with Crippen LogP contribution in [0.3, 0.4) is 0 Å². The number of nitrogens with zero attached hydrogens (tertiary/aromatic N) is 3. The van der Waals surface area contributed by atoms with Crippen molar-refractivity contribution in [2.45, 2.75) is 38.1 Å². The molecule has 30 heavy (non-hydrogen) atoms. The Labute approximate surface area is 179 Å². The first-order valence-corrected chi connectivity index (χ1v) is 11.1. The monoisotopic (exact) mass is 405 g/mol. The molecule has 2 aromatic carbocycles. The van der Waals surface area contributed by atoms with E-state index >= 15 is 0 Å². The number of rotatable bonds is 6. The van der Waals surface area contributed by atoms with Gasteiger partial charge in [-0.1, -0.05) is 30.3 Å². The SMILES string of the molecule is CN(CCc1ccccc1)[C@@H]1CCCN(C(=O)c2ccc(N3CCCC3=O)cc2)C1. The van der Waals surface area contributed by atoms with Crippen LogP contribution in [-0.4, -0.2) is 60.9 Å². The molecule has 2 aliphatic rings. The number of carbonyl (C=O) groups is 2. The van der Waals surface area contributed by atoms with Gasteiger partial charge in [-0.05, 0) is 62.6 Å². The Morgan fingerprint density at radius 3 is 2.50 bits per heavy atom. The summed E-state index contributed by atoms with van der Waals surface area (Å²) in [4.78, 5) is 31.2. The minimum atomic E-state index is 0.0930. The maximum atomic E-state index is 13.1. The van der Waals surface area contributed by atoms with E-state index in [2.05, 4.69) is 36.2 Å². The standard InChI is InChI=1S/C25H31N3O2/c1-26(18-15-20-7-3-2-4-8-20)23-9-5-16-27(19-23)25(30)21-11-13-22(14-12-21)28-17-6-10-24(28)29/h2-4,7-8,11-14,23H,5-6,9-10,15-19H2,1H3/t23-/m1/s1.